The van der Waals surface area contributed by atoms with Crippen LogP contribution in [-0.4, -0.2) is 23.9 Å². The molecule has 2 heteroatoms. The predicted octanol–water partition coefficient (Wildman–Crippen LogP) is 3.77. The molecular weight excluding hydrogens is 248 g/mol. The quantitative estimate of drug-likeness (QED) is 0.829. The molecule has 0 spiro atoms. The largest absolute Gasteiger partial charge is 0.393 e. The molecule has 2 nitrogen and oxygen atoms in total. The number of rotatable bonds is 5. The van der Waals surface area contributed by atoms with Crippen LogP contribution in [0.4, 0.5) is 0 Å². The van der Waals surface area contributed by atoms with Gasteiger partial charge in [0.15, 0.2) is 0 Å². The number of aliphatic hydroxyl groups is 1. The monoisotopic (exact) mass is 278 g/mol. The molecule has 2 atom stereocenters. The lowest BCUT2D eigenvalue weighted by Crippen LogP contribution is -2.49. The topological polar surface area (TPSA) is 29.5 Å². The Morgan fingerprint density at radius 3 is 2.30 bits per heavy atom. The standard InChI is InChI=1S/C18H30O2/c19-17(5-1-3-16-4-2-6-20-16)18-14-8-12-7-13(10-14)11-15(18)9-12/h12-19H,1-11H2. The van der Waals surface area contributed by atoms with Gasteiger partial charge in [0.1, 0.15) is 0 Å². The van der Waals surface area contributed by atoms with Crippen LogP contribution in [0.3, 0.4) is 0 Å². The smallest absolute Gasteiger partial charge is 0.0576 e. The zero-order chi connectivity index (χ0) is 13.5. The molecule has 0 aromatic heterocycles. The highest BCUT2D eigenvalue weighted by molar-refractivity contribution is 5.00. The zero-order valence-electron chi connectivity index (χ0n) is 12.7. The molecule has 5 rings (SSSR count). The molecule has 114 valence electrons. The Bertz CT molecular complexity index is 306. The van der Waals surface area contributed by atoms with Crippen molar-refractivity contribution in [2.24, 2.45) is 29.6 Å². The Labute approximate surface area is 123 Å². The van der Waals surface area contributed by atoms with E-state index < -0.39 is 0 Å². The summed E-state index contributed by atoms with van der Waals surface area (Å²) >= 11 is 0. The summed E-state index contributed by atoms with van der Waals surface area (Å²) < 4.78 is 5.69. The van der Waals surface area contributed by atoms with Gasteiger partial charge < -0.3 is 9.84 Å². The summed E-state index contributed by atoms with van der Waals surface area (Å²) in [6.45, 7) is 0.961. The summed E-state index contributed by atoms with van der Waals surface area (Å²) in [5, 5.41) is 10.7. The van der Waals surface area contributed by atoms with Crippen molar-refractivity contribution >= 4 is 0 Å². The van der Waals surface area contributed by atoms with Crippen LogP contribution in [-0.2, 0) is 4.74 Å². The maximum absolute atomic E-state index is 10.7. The average Bonchev–Trinajstić information content (AvgIpc) is 2.90. The Kier molecular flexibility index (Phi) is 3.80. The van der Waals surface area contributed by atoms with Gasteiger partial charge in [-0.05, 0) is 93.8 Å². The third-order valence-electron chi connectivity index (χ3n) is 6.79. The maximum Gasteiger partial charge on any atom is 0.0576 e. The van der Waals surface area contributed by atoms with Gasteiger partial charge in [0, 0.05) is 6.61 Å². The van der Waals surface area contributed by atoms with E-state index in [0.717, 1.165) is 43.1 Å². The lowest BCUT2D eigenvalue weighted by Gasteiger charge is -2.55. The Morgan fingerprint density at radius 1 is 1.00 bits per heavy atom. The van der Waals surface area contributed by atoms with E-state index in [1.807, 2.05) is 0 Å². The van der Waals surface area contributed by atoms with E-state index in [-0.39, 0.29) is 6.10 Å². The minimum atomic E-state index is -0.0218. The third kappa shape index (κ3) is 2.54. The summed E-state index contributed by atoms with van der Waals surface area (Å²) in [6, 6.07) is 0. The summed E-state index contributed by atoms with van der Waals surface area (Å²) in [7, 11) is 0. The fraction of sp³-hybridized carbons (Fsp3) is 1.00. The number of aliphatic hydroxyl groups excluding tert-OH is 1. The van der Waals surface area contributed by atoms with E-state index in [1.165, 1.54) is 51.4 Å². The molecule has 5 aliphatic rings. The lowest BCUT2D eigenvalue weighted by molar-refractivity contribution is -0.0919. The van der Waals surface area contributed by atoms with Crippen molar-refractivity contribution in [2.75, 3.05) is 6.61 Å². The molecule has 4 bridgehead atoms. The molecule has 0 amide bonds. The fourth-order valence-corrected chi connectivity index (χ4v) is 6.21. The maximum atomic E-state index is 10.7. The first-order valence-corrected chi connectivity index (χ1v) is 9.09. The highest BCUT2D eigenvalue weighted by Gasteiger charge is 2.50. The minimum absolute atomic E-state index is 0.0218. The SMILES string of the molecule is OC(CCCC1CCCO1)C1C2CC3CC(C2)CC1C3. The van der Waals surface area contributed by atoms with Crippen molar-refractivity contribution in [3.05, 3.63) is 0 Å². The van der Waals surface area contributed by atoms with Crippen molar-refractivity contribution in [3.8, 4) is 0 Å². The van der Waals surface area contributed by atoms with Crippen LogP contribution in [0.25, 0.3) is 0 Å². The molecule has 4 aliphatic carbocycles. The summed E-state index contributed by atoms with van der Waals surface area (Å²) in [4.78, 5) is 0. The fourth-order valence-electron chi connectivity index (χ4n) is 6.21. The van der Waals surface area contributed by atoms with E-state index in [4.69, 9.17) is 4.74 Å². The van der Waals surface area contributed by atoms with E-state index >= 15 is 0 Å². The predicted molar refractivity (Wildman–Crippen MR) is 79.4 cm³/mol. The highest BCUT2D eigenvalue weighted by Crippen LogP contribution is 2.57. The van der Waals surface area contributed by atoms with Gasteiger partial charge in [-0.15, -0.1) is 0 Å². The van der Waals surface area contributed by atoms with Gasteiger partial charge in [0.25, 0.3) is 0 Å². The van der Waals surface area contributed by atoms with Crippen molar-refractivity contribution in [3.63, 3.8) is 0 Å². The number of hydrogen-bond donors (Lipinski definition) is 1. The Hall–Kier alpha value is -0.0800. The van der Waals surface area contributed by atoms with Crippen LogP contribution in [0.5, 0.6) is 0 Å². The highest BCUT2D eigenvalue weighted by atomic mass is 16.5. The van der Waals surface area contributed by atoms with E-state index in [2.05, 4.69) is 0 Å². The summed E-state index contributed by atoms with van der Waals surface area (Å²) in [6.07, 6.45) is 13.5. The van der Waals surface area contributed by atoms with Crippen molar-refractivity contribution in [1.29, 1.82) is 0 Å². The zero-order valence-corrected chi connectivity index (χ0v) is 12.7. The van der Waals surface area contributed by atoms with E-state index in [1.54, 1.807) is 0 Å². The minimum Gasteiger partial charge on any atom is -0.393 e. The summed E-state index contributed by atoms with van der Waals surface area (Å²) in [5.41, 5.74) is 0. The van der Waals surface area contributed by atoms with Crippen molar-refractivity contribution in [2.45, 2.75) is 76.4 Å². The second-order valence-corrected chi connectivity index (χ2v) is 8.14. The molecule has 5 fully saturated rings. The van der Waals surface area contributed by atoms with Gasteiger partial charge >= 0.3 is 0 Å². The van der Waals surface area contributed by atoms with Gasteiger partial charge in [0.05, 0.1) is 12.2 Å². The molecule has 0 aromatic carbocycles. The van der Waals surface area contributed by atoms with Gasteiger partial charge in [0.2, 0.25) is 0 Å². The lowest BCUT2D eigenvalue weighted by atomic mass is 9.50. The molecule has 1 aliphatic heterocycles. The first-order chi connectivity index (χ1) is 9.79. The third-order valence-corrected chi connectivity index (χ3v) is 6.79. The van der Waals surface area contributed by atoms with Crippen LogP contribution < -0.4 is 0 Å². The van der Waals surface area contributed by atoms with Gasteiger partial charge in [-0.1, -0.05) is 0 Å². The summed E-state index contributed by atoms with van der Waals surface area (Å²) in [5.74, 6) is 4.42. The van der Waals surface area contributed by atoms with Gasteiger partial charge in [-0.3, -0.25) is 0 Å². The van der Waals surface area contributed by atoms with Crippen LogP contribution in [0, 0.1) is 29.6 Å². The van der Waals surface area contributed by atoms with Crippen LogP contribution in [0.2, 0.25) is 0 Å². The normalized spacial score (nSPS) is 47.9. The first kappa shape index (κ1) is 13.6. The van der Waals surface area contributed by atoms with Crippen LogP contribution in [0.15, 0.2) is 0 Å². The average molecular weight is 278 g/mol. The number of ether oxygens (including phenoxy) is 1. The molecule has 1 N–H and O–H groups in total. The molecule has 0 radical (unpaired) electrons. The van der Waals surface area contributed by atoms with Crippen molar-refractivity contribution < 1.29 is 9.84 Å². The van der Waals surface area contributed by atoms with E-state index in [9.17, 15) is 5.11 Å². The molecule has 1 heterocycles. The second kappa shape index (κ2) is 5.61. The molecule has 0 aromatic rings. The molecule has 20 heavy (non-hydrogen) atoms. The molecular formula is C18H30O2. The Balaban J connectivity index is 1.28. The first-order valence-electron chi connectivity index (χ1n) is 9.09. The molecule has 2 unspecified atom stereocenters. The van der Waals surface area contributed by atoms with Crippen LogP contribution in [0.1, 0.15) is 64.2 Å². The van der Waals surface area contributed by atoms with Gasteiger partial charge in [-0.25, -0.2) is 0 Å². The van der Waals surface area contributed by atoms with Crippen LogP contribution >= 0.6 is 0 Å². The number of hydrogen-bond acceptors (Lipinski definition) is 2. The second-order valence-electron chi connectivity index (χ2n) is 8.14. The Morgan fingerprint density at radius 2 is 1.70 bits per heavy atom. The van der Waals surface area contributed by atoms with Crippen molar-refractivity contribution in [1.82, 2.24) is 0 Å². The molecule has 4 saturated carbocycles. The van der Waals surface area contributed by atoms with Gasteiger partial charge in [-0.2, -0.15) is 0 Å². The van der Waals surface area contributed by atoms with E-state index in [0.29, 0.717) is 12.0 Å². The molecule has 1 saturated heterocycles.